The Hall–Kier alpha value is -1.24. The molecule has 1 aliphatic heterocycles. The molecule has 20 heavy (non-hydrogen) atoms. The molecule has 0 aliphatic carbocycles. The summed E-state index contributed by atoms with van der Waals surface area (Å²) in [7, 11) is 0. The summed E-state index contributed by atoms with van der Waals surface area (Å²) in [6.45, 7) is 7.00. The Morgan fingerprint density at radius 3 is 2.65 bits per heavy atom. The van der Waals surface area contributed by atoms with Gasteiger partial charge < -0.3 is 4.90 Å². The summed E-state index contributed by atoms with van der Waals surface area (Å²) in [5.41, 5.74) is 1.05. The summed E-state index contributed by atoms with van der Waals surface area (Å²) in [5.74, 6) is 1.00. The van der Waals surface area contributed by atoms with Crippen LogP contribution in [-0.4, -0.2) is 45.6 Å². The van der Waals surface area contributed by atoms with Crippen LogP contribution in [0.5, 0.6) is 0 Å². The van der Waals surface area contributed by atoms with E-state index in [0.717, 1.165) is 44.2 Å². The van der Waals surface area contributed by atoms with Crippen molar-refractivity contribution in [3.05, 3.63) is 33.9 Å². The molecule has 0 radical (unpaired) electrons. The molecular weight excluding hydrogens is 294 g/mol. The van der Waals surface area contributed by atoms with Crippen LogP contribution in [0.4, 0.5) is 5.82 Å². The number of anilines is 1. The van der Waals surface area contributed by atoms with Crippen LogP contribution in [0.2, 0.25) is 5.02 Å². The fourth-order valence-electron chi connectivity index (χ4n) is 2.29. The van der Waals surface area contributed by atoms with Gasteiger partial charge in [-0.3, -0.25) is 4.90 Å². The summed E-state index contributed by atoms with van der Waals surface area (Å²) in [6, 6.07) is 3.87. The second-order valence-electron chi connectivity index (χ2n) is 4.88. The van der Waals surface area contributed by atoms with Gasteiger partial charge >= 0.3 is 0 Å². The van der Waals surface area contributed by atoms with Crippen molar-refractivity contribution in [1.29, 1.82) is 0 Å². The third kappa shape index (κ3) is 3.08. The van der Waals surface area contributed by atoms with Crippen molar-refractivity contribution in [3.63, 3.8) is 0 Å². The Morgan fingerprint density at radius 1 is 1.25 bits per heavy atom. The van der Waals surface area contributed by atoms with E-state index >= 15 is 0 Å². The Labute approximate surface area is 127 Å². The highest BCUT2D eigenvalue weighted by Gasteiger charge is 2.19. The molecule has 0 unspecified atom stereocenters. The lowest BCUT2D eigenvalue weighted by Gasteiger charge is -2.35. The van der Waals surface area contributed by atoms with Crippen molar-refractivity contribution in [2.24, 2.45) is 0 Å². The molecule has 2 aromatic heterocycles. The van der Waals surface area contributed by atoms with Gasteiger partial charge in [-0.15, -0.1) is 5.10 Å². The van der Waals surface area contributed by atoms with Crippen LogP contribution in [0, 0.1) is 6.92 Å². The van der Waals surface area contributed by atoms with E-state index in [4.69, 9.17) is 11.6 Å². The van der Waals surface area contributed by atoms with Crippen LogP contribution < -0.4 is 4.90 Å². The fourth-order valence-corrected chi connectivity index (χ4v) is 3.08. The molecular formula is C13H16ClN5S. The first-order chi connectivity index (χ1) is 9.72. The van der Waals surface area contributed by atoms with Gasteiger partial charge in [-0.1, -0.05) is 16.1 Å². The highest BCUT2D eigenvalue weighted by molar-refractivity contribution is 7.05. The lowest BCUT2D eigenvalue weighted by atomic mass is 10.3. The van der Waals surface area contributed by atoms with Gasteiger partial charge in [0.1, 0.15) is 5.82 Å². The molecule has 0 spiro atoms. The van der Waals surface area contributed by atoms with Gasteiger partial charge in [-0.25, -0.2) is 4.98 Å². The number of hydrogen-bond donors (Lipinski definition) is 0. The van der Waals surface area contributed by atoms with Crippen molar-refractivity contribution in [2.75, 3.05) is 31.1 Å². The standard InChI is InChI=1S/C13H16ClN5S/c1-10-12(20-17-16-10)9-18-4-6-19(7-5-18)13-3-2-11(14)8-15-13/h2-3,8H,4-7,9H2,1H3. The second-order valence-corrected chi connectivity index (χ2v) is 6.15. The summed E-state index contributed by atoms with van der Waals surface area (Å²) in [4.78, 5) is 10.4. The molecule has 5 nitrogen and oxygen atoms in total. The van der Waals surface area contributed by atoms with Crippen LogP contribution in [0.1, 0.15) is 10.6 Å². The largest absolute Gasteiger partial charge is 0.354 e. The zero-order valence-electron chi connectivity index (χ0n) is 11.3. The zero-order chi connectivity index (χ0) is 13.9. The van der Waals surface area contributed by atoms with Crippen LogP contribution in [0.15, 0.2) is 18.3 Å². The molecule has 1 fully saturated rings. The molecule has 3 rings (SSSR count). The van der Waals surface area contributed by atoms with Gasteiger partial charge in [-0.05, 0) is 30.6 Å². The van der Waals surface area contributed by atoms with Gasteiger partial charge in [0.25, 0.3) is 0 Å². The normalized spacial score (nSPS) is 16.6. The molecule has 1 aliphatic rings. The number of rotatable bonds is 3. The van der Waals surface area contributed by atoms with E-state index in [0.29, 0.717) is 5.02 Å². The van der Waals surface area contributed by atoms with E-state index in [-0.39, 0.29) is 0 Å². The predicted molar refractivity (Wildman–Crippen MR) is 81.4 cm³/mol. The summed E-state index contributed by atoms with van der Waals surface area (Å²) in [6.07, 6.45) is 1.70. The van der Waals surface area contributed by atoms with E-state index < -0.39 is 0 Å². The quantitative estimate of drug-likeness (QED) is 0.870. The van der Waals surface area contributed by atoms with E-state index in [1.807, 2.05) is 19.1 Å². The average molecular weight is 310 g/mol. The molecule has 0 N–H and O–H groups in total. The number of pyridine rings is 1. The summed E-state index contributed by atoms with van der Waals surface area (Å²) in [5, 5.41) is 4.74. The smallest absolute Gasteiger partial charge is 0.128 e. The van der Waals surface area contributed by atoms with E-state index in [9.17, 15) is 0 Å². The molecule has 0 atom stereocenters. The minimum absolute atomic E-state index is 0.681. The van der Waals surface area contributed by atoms with Crippen molar-refractivity contribution in [3.8, 4) is 0 Å². The van der Waals surface area contributed by atoms with Gasteiger partial charge in [-0.2, -0.15) is 0 Å². The molecule has 0 amide bonds. The molecule has 1 saturated heterocycles. The van der Waals surface area contributed by atoms with Gasteiger partial charge in [0.15, 0.2) is 0 Å². The van der Waals surface area contributed by atoms with Crippen molar-refractivity contribution >= 4 is 29.0 Å². The van der Waals surface area contributed by atoms with E-state index in [1.54, 1.807) is 6.20 Å². The number of aromatic nitrogens is 3. The molecule has 0 aromatic carbocycles. The average Bonchev–Trinajstić information content (AvgIpc) is 2.86. The number of nitrogens with zero attached hydrogens (tertiary/aromatic N) is 5. The SMILES string of the molecule is Cc1nnsc1CN1CCN(c2ccc(Cl)cn2)CC1. The van der Waals surface area contributed by atoms with Gasteiger partial charge in [0.2, 0.25) is 0 Å². The molecule has 106 valence electrons. The minimum Gasteiger partial charge on any atom is -0.354 e. The summed E-state index contributed by atoms with van der Waals surface area (Å²) >= 11 is 7.37. The monoisotopic (exact) mass is 309 g/mol. The Bertz CT molecular complexity index is 562. The summed E-state index contributed by atoms with van der Waals surface area (Å²) < 4.78 is 3.99. The Balaban J connectivity index is 1.57. The molecule has 7 heteroatoms. The topological polar surface area (TPSA) is 45.2 Å². The third-order valence-corrected chi connectivity index (χ3v) is 4.55. The minimum atomic E-state index is 0.681. The maximum Gasteiger partial charge on any atom is 0.128 e. The molecule has 3 heterocycles. The van der Waals surface area contributed by atoms with Crippen LogP contribution in [0.3, 0.4) is 0 Å². The second kappa shape index (κ2) is 6.03. The first-order valence-electron chi connectivity index (χ1n) is 6.59. The number of halogens is 1. The van der Waals surface area contributed by atoms with Crippen LogP contribution in [-0.2, 0) is 6.54 Å². The Kier molecular flexibility index (Phi) is 4.14. The van der Waals surface area contributed by atoms with E-state index in [1.165, 1.54) is 16.4 Å². The lowest BCUT2D eigenvalue weighted by molar-refractivity contribution is 0.251. The first-order valence-corrected chi connectivity index (χ1v) is 7.74. The highest BCUT2D eigenvalue weighted by Crippen LogP contribution is 2.18. The highest BCUT2D eigenvalue weighted by atomic mass is 35.5. The van der Waals surface area contributed by atoms with Gasteiger partial charge in [0.05, 0.1) is 15.6 Å². The van der Waals surface area contributed by atoms with Crippen LogP contribution in [0.25, 0.3) is 0 Å². The zero-order valence-corrected chi connectivity index (χ0v) is 12.9. The van der Waals surface area contributed by atoms with Crippen molar-refractivity contribution < 1.29 is 0 Å². The number of aryl methyl sites for hydroxylation is 1. The predicted octanol–water partition coefficient (Wildman–Crippen LogP) is 2.22. The maximum absolute atomic E-state index is 5.87. The van der Waals surface area contributed by atoms with Gasteiger partial charge in [0, 0.05) is 38.9 Å². The first kappa shape index (κ1) is 13.7. The van der Waals surface area contributed by atoms with Crippen molar-refractivity contribution in [2.45, 2.75) is 13.5 Å². The molecule has 0 bridgehead atoms. The third-order valence-electron chi connectivity index (χ3n) is 3.52. The number of hydrogen-bond acceptors (Lipinski definition) is 6. The molecule has 0 saturated carbocycles. The molecule has 2 aromatic rings. The van der Waals surface area contributed by atoms with Crippen molar-refractivity contribution in [1.82, 2.24) is 19.5 Å². The van der Waals surface area contributed by atoms with E-state index in [2.05, 4.69) is 24.4 Å². The number of piperazine rings is 1. The lowest BCUT2D eigenvalue weighted by Crippen LogP contribution is -2.46. The van der Waals surface area contributed by atoms with Crippen LogP contribution >= 0.6 is 23.1 Å². The fraction of sp³-hybridized carbons (Fsp3) is 0.462. The maximum atomic E-state index is 5.87. The Morgan fingerprint density at radius 2 is 2.05 bits per heavy atom.